The van der Waals surface area contributed by atoms with Crippen molar-refractivity contribution in [1.82, 2.24) is 9.47 Å². The van der Waals surface area contributed by atoms with E-state index < -0.39 is 23.6 Å². The number of hydrogen-bond acceptors (Lipinski definition) is 4. The van der Waals surface area contributed by atoms with Gasteiger partial charge in [-0.15, -0.1) is 0 Å². The molecule has 1 aliphatic heterocycles. The second-order valence-electron chi connectivity index (χ2n) is 9.54. The molecule has 1 aromatic heterocycles. The number of methoxy groups -OCH3 is 2. The number of halogens is 5. The molecule has 2 heterocycles. The smallest absolute Gasteiger partial charge is 0.416 e. The Morgan fingerprint density at radius 2 is 1.82 bits per heavy atom. The second kappa shape index (κ2) is 10.8. The molecule has 4 rings (SSSR count). The molecule has 1 amide bonds. The number of aromatic nitrogens is 1. The number of likely N-dealkylation sites (tertiary alicyclic amines) is 1. The van der Waals surface area contributed by atoms with Crippen molar-refractivity contribution in [3.8, 4) is 0 Å². The van der Waals surface area contributed by atoms with Gasteiger partial charge in [-0.25, -0.2) is 0 Å². The van der Waals surface area contributed by atoms with Crippen LogP contribution in [0.25, 0.3) is 10.9 Å². The Labute approximate surface area is 228 Å². The molecule has 0 N–H and O–H groups in total. The van der Waals surface area contributed by atoms with Crippen LogP contribution in [0.1, 0.15) is 32.7 Å². The largest absolute Gasteiger partial charge is 0.469 e. The van der Waals surface area contributed by atoms with Crippen LogP contribution < -0.4 is 0 Å². The lowest BCUT2D eigenvalue weighted by Gasteiger charge is -2.19. The Morgan fingerprint density at radius 3 is 2.45 bits per heavy atom. The van der Waals surface area contributed by atoms with E-state index >= 15 is 0 Å². The van der Waals surface area contributed by atoms with Crippen molar-refractivity contribution in [2.45, 2.75) is 19.5 Å². The van der Waals surface area contributed by atoms with Gasteiger partial charge in [-0.05, 0) is 48.4 Å². The highest BCUT2D eigenvalue weighted by Crippen LogP contribution is 2.37. The van der Waals surface area contributed by atoms with Gasteiger partial charge in [0, 0.05) is 61.2 Å². The molecule has 0 spiro atoms. The van der Waals surface area contributed by atoms with Crippen molar-refractivity contribution in [3.05, 3.63) is 68.3 Å². The van der Waals surface area contributed by atoms with Gasteiger partial charge >= 0.3 is 12.1 Å². The number of ether oxygens (including phenoxy) is 2. The summed E-state index contributed by atoms with van der Waals surface area (Å²) >= 11 is 13.2. The van der Waals surface area contributed by atoms with Crippen LogP contribution in [-0.2, 0) is 33.9 Å². The van der Waals surface area contributed by atoms with E-state index in [4.69, 9.17) is 32.7 Å². The van der Waals surface area contributed by atoms with Crippen LogP contribution in [0.4, 0.5) is 13.2 Å². The second-order valence-corrected chi connectivity index (χ2v) is 10.3. The summed E-state index contributed by atoms with van der Waals surface area (Å²) in [5.41, 5.74) is 1.60. The molecule has 0 radical (unpaired) electrons. The molecule has 38 heavy (non-hydrogen) atoms. The van der Waals surface area contributed by atoms with Gasteiger partial charge in [-0.1, -0.05) is 23.2 Å². The first kappa shape index (κ1) is 28.3. The van der Waals surface area contributed by atoms with Gasteiger partial charge < -0.3 is 18.9 Å². The van der Waals surface area contributed by atoms with Gasteiger partial charge in [-0.2, -0.15) is 13.2 Å². The van der Waals surface area contributed by atoms with E-state index in [0.717, 1.165) is 12.1 Å². The maximum absolute atomic E-state index is 13.5. The van der Waals surface area contributed by atoms with Crippen LogP contribution in [0.3, 0.4) is 0 Å². The number of benzene rings is 2. The molecule has 1 saturated heterocycles. The van der Waals surface area contributed by atoms with E-state index in [9.17, 15) is 22.8 Å². The molecule has 0 bridgehead atoms. The fourth-order valence-corrected chi connectivity index (χ4v) is 5.70. The number of alkyl halides is 3. The Morgan fingerprint density at radius 1 is 1.11 bits per heavy atom. The highest BCUT2D eigenvalue weighted by molar-refractivity contribution is 6.38. The van der Waals surface area contributed by atoms with E-state index in [-0.39, 0.29) is 35.4 Å². The minimum absolute atomic E-state index is 0.158. The third kappa shape index (κ3) is 5.24. The average Bonchev–Trinajstić information content (AvgIpc) is 3.42. The van der Waals surface area contributed by atoms with Crippen LogP contribution in [0.5, 0.6) is 0 Å². The van der Waals surface area contributed by atoms with E-state index in [1.165, 1.54) is 20.3 Å². The van der Waals surface area contributed by atoms with Crippen LogP contribution in [0.2, 0.25) is 10.0 Å². The Hall–Kier alpha value is -2.75. The molecular weight excluding hydrogens is 544 g/mol. The number of esters is 1. The fourth-order valence-electron chi connectivity index (χ4n) is 5.11. The van der Waals surface area contributed by atoms with Crippen LogP contribution in [-0.4, -0.2) is 55.3 Å². The van der Waals surface area contributed by atoms with Gasteiger partial charge in [0.1, 0.15) is 0 Å². The number of hydrogen-bond donors (Lipinski definition) is 0. The molecular formula is C27H27Cl2F3N2O4. The maximum atomic E-state index is 13.5. The third-order valence-electron chi connectivity index (χ3n) is 7.18. The Bertz CT molecular complexity index is 1400. The van der Waals surface area contributed by atoms with E-state index in [0.29, 0.717) is 45.9 Å². The fraction of sp³-hybridized carbons (Fsp3) is 0.407. The molecule has 11 heteroatoms. The molecule has 0 unspecified atom stereocenters. The number of carbonyl (C=O) groups excluding carboxylic acids is 2. The summed E-state index contributed by atoms with van der Waals surface area (Å²) in [5, 5.41) is 1.17. The molecule has 0 saturated carbocycles. The monoisotopic (exact) mass is 570 g/mol. The maximum Gasteiger partial charge on any atom is 0.416 e. The van der Waals surface area contributed by atoms with Crippen molar-refractivity contribution in [2.24, 2.45) is 18.9 Å². The summed E-state index contributed by atoms with van der Waals surface area (Å²) in [6, 6.07) is 7.17. The van der Waals surface area contributed by atoms with Crippen LogP contribution in [0, 0.1) is 18.8 Å². The lowest BCUT2D eigenvalue weighted by Crippen LogP contribution is -2.30. The van der Waals surface area contributed by atoms with Gasteiger partial charge in [0.25, 0.3) is 5.91 Å². The minimum Gasteiger partial charge on any atom is -0.469 e. The average molecular weight is 571 g/mol. The zero-order chi connectivity index (χ0) is 27.9. The molecule has 204 valence electrons. The van der Waals surface area contributed by atoms with Gasteiger partial charge in [-0.3, -0.25) is 9.59 Å². The predicted octanol–water partition coefficient (Wildman–Crippen LogP) is 5.91. The molecule has 2 aromatic carbocycles. The van der Waals surface area contributed by atoms with E-state index in [1.54, 1.807) is 29.5 Å². The minimum atomic E-state index is -4.46. The number of nitrogens with zero attached hydrogens (tertiary/aromatic N) is 2. The van der Waals surface area contributed by atoms with Crippen molar-refractivity contribution in [2.75, 3.05) is 33.9 Å². The lowest BCUT2D eigenvalue weighted by molar-refractivity contribution is -0.146. The third-order valence-corrected chi connectivity index (χ3v) is 7.97. The summed E-state index contributed by atoms with van der Waals surface area (Å²) < 4.78 is 51.9. The molecule has 2 atom stereocenters. The summed E-state index contributed by atoms with van der Waals surface area (Å²) in [4.78, 5) is 27.3. The van der Waals surface area contributed by atoms with Crippen molar-refractivity contribution in [1.29, 1.82) is 0 Å². The van der Waals surface area contributed by atoms with Gasteiger partial charge in [0.15, 0.2) is 0 Å². The SMILES string of the molecule is COC[C@@H]1CN(C(=O)c2ccc(Cl)c(Cc3cc4c(C)cc(C(F)(F)F)cc4n3C)c2Cl)C[C@H]1C(=O)OC. The first-order valence-electron chi connectivity index (χ1n) is 11.9. The Kier molecular flexibility index (Phi) is 8.02. The molecule has 1 fully saturated rings. The van der Waals surface area contributed by atoms with Gasteiger partial charge in [0.2, 0.25) is 0 Å². The van der Waals surface area contributed by atoms with Gasteiger partial charge in [0.05, 0.1) is 35.8 Å². The number of carbonyl (C=O) groups is 2. The summed E-state index contributed by atoms with van der Waals surface area (Å²) in [6.45, 7) is 2.39. The normalized spacial score (nSPS) is 17.9. The first-order valence-corrected chi connectivity index (χ1v) is 12.6. The standard InChI is InChI=1S/C27H27Cl2F3N2O4/c1-14-7-16(27(30,31)32)8-23-19(14)9-17(33(23)2)10-20-22(28)6-5-18(24(20)29)25(35)34-11-15(13-37-3)21(12-34)26(36)38-4/h5-9,15,21H,10-13H2,1-4H3/t15-,21+/m0/s1. The highest BCUT2D eigenvalue weighted by atomic mass is 35.5. The zero-order valence-electron chi connectivity index (χ0n) is 21.3. The summed E-state index contributed by atoms with van der Waals surface area (Å²) in [5.74, 6) is -1.51. The lowest BCUT2D eigenvalue weighted by atomic mass is 9.97. The first-order chi connectivity index (χ1) is 17.9. The van der Waals surface area contributed by atoms with Crippen LogP contribution >= 0.6 is 23.2 Å². The van der Waals surface area contributed by atoms with E-state index in [2.05, 4.69) is 0 Å². The topological polar surface area (TPSA) is 60.8 Å². The molecule has 0 aliphatic carbocycles. The van der Waals surface area contributed by atoms with E-state index in [1.807, 2.05) is 6.07 Å². The molecule has 3 aromatic rings. The quantitative estimate of drug-likeness (QED) is 0.346. The van der Waals surface area contributed by atoms with Crippen molar-refractivity contribution < 1.29 is 32.2 Å². The predicted molar refractivity (Wildman–Crippen MR) is 139 cm³/mol. The zero-order valence-corrected chi connectivity index (χ0v) is 22.8. The van der Waals surface area contributed by atoms with Crippen LogP contribution in [0.15, 0.2) is 30.3 Å². The van der Waals surface area contributed by atoms with Crippen molar-refractivity contribution >= 4 is 46.0 Å². The highest BCUT2D eigenvalue weighted by Gasteiger charge is 2.41. The Balaban J connectivity index is 1.67. The van der Waals surface area contributed by atoms with Crippen molar-refractivity contribution in [3.63, 3.8) is 0 Å². The molecule has 6 nitrogen and oxygen atoms in total. The number of amides is 1. The summed E-state index contributed by atoms with van der Waals surface area (Å²) in [6.07, 6.45) is -4.27. The molecule has 1 aliphatic rings. The summed E-state index contributed by atoms with van der Waals surface area (Å²) in [7, 11) is 4.51. The number of aryl methyl sites for hydroxylation is 2. The number of rotatable bonds is 6. The number of fused-ring (bicyclic) bond motifs is 1.